The molecule has 0 saturated carbocycles. The Kier molecular flexibility index (Phi) is 7.21. The first-order valence-corrected chi connectivity index (χ1v) is 13.0. The van der Waals surface area contributed by atoms with Gasteiger partial charge in [0.2, 0.25) is 5.95 Å². The highest BCUT2D eigenvalue weighted by Gasteiger charge is 2.64. The molecule has 2 aromatic rings. The lowest BCUT2D eigenvalue weighted by Gasteiger charge is -2.44. The molecule has 37 heavy (non-hydrogen) atoms. The Labute approximate surface area is 210 Å². The highest BCUT2D eigenvalue weighted by atomic mass is 32.2. The highest BCUT2D eigenvalue weighted by Crippen LogP contribution is 2.40. The minimum atomic E-state index is -4.72. The molecule has 202 valence electrons. The Morgan fingerprint density at radius 1 is 1.22 bits per heavy atom. The van der Waals surface area contributed by atoms with Crippen LogP contribution in [0.1, 0.15) is 12.5 Å². The predicted octanol–water partition coefficient (Wildman–Crippen LogP) is 2.58. The standard InChI is InChI=1S/C22H24F4N4O6S/c1-14-10-29(20(31)36-21(12-34-13-21)22(24,25)26)5-6-30(14)19-27-8-16(9-28-19)35-11-15-3-4-17(7-18(15)23)37(2,32)33/h3-4,7-9,14H,5-6,10-13H2,1-2H3. The van der Waals surface area contributed by atoms with E-state index in [1.54, 1.807) is 11.8 Å². The summed E-state index contributed by atoms with van der Waals surface area (Å²) in [5.74, 6) is -0.169. The Hall–Kier alpha value is -3.20. The number of piperazine rings is 1. The minimum Gasteiger partial charge on any atom is -0.486 e. The average molecular weight is 549 g/mol. The second kappa shape index (κ2) is 9.93. The molecule has 1 aromatic heterocycles. The summed E-state index contributed by atoms with van der Waals surface area (Å²) in [5, 5.41) is 0. The fourth-order valence-corrected chi connectivity index (χ4v) is 4.42. The van der Waals surface area contributed by atoms with Gasteiger partial charge in [0.1, 0.15) is 12.4 Å². The Morgan fingerprint density at radius 3 is 2.41 bits per heavy atom. The van der Waals surface area contributed by atoms with Crippen LogP contribution in [0.3, 0.4) is 0 Å². The highest BCUT2D eigenvalue weighted by molar-refractivity contribution is 7.90. The number of halogens is 4. The third-order valence-electron chi connectivity index (χ3n) is 6.07. The average Bonchev–Trinajstić information content (AvgIpc) is 2.79. The largest absolute Gasteiger partial charge is 0.486 e. The zero-order valence-corrected chi connectivity index (χ0v) is 20.7. The van der Waals surface area contributed by atoms with Gasteiger partial charge in [0.15, 0.2) is 15.6 Å². The number of anilines is 1. The quantitative estimate of drug-likeness (QED) is 0.503. The number of alkyl halides is 3. The van der Waals surface area contributed by atoms with Crippen molar-refractivity contribution in [2.75, 3.05) is 44.0 Å². The van der Waals surface area contributed by atoms with E-state index in [1.807, 2.05) is 0 Å². The minimum absolute atomic E-state index is 0.0952. The van der Waals surface area contributed by atoms with E-state index in [9.17, 15) is 30.8 Å². The molecule has 1 atom stereocenters. The normalized spacial score (nSPS) is 19.8. The van der Waals surface area contributed by atoms with Crippen molar-refractivity contribution in [1.82, 2.24) is 14.9 Å². The van der Waals surface area contributed by atoms with E-state index in [-0.39, 0.29) is 48.5 Å². The molecule has 0 aliphatic carbocycles. The van der Waals surface area contributed by atoms with E-state index in [4.69, 9.17) is 9.47 Å². The Balaban J connectivity index is 1.32. The van der Waals surface area contributed by atoms with Gasteiger partial charge in [-0.1, -0.05) is 6.07 Å². The van der Waals surface area contributed by atoms with Crippen LogP contribution in [0.25, 0.3) is 0 Å². The molecule has 1 amide bonds. The summed E-state index contributed by atoms with van der Waals surface area (Å²) in [6, 6.07) is 3.21. The van der Waals surface area contributed by atoms with E-state index in [0.717, 1.165) is 12.3 Å². The molecule has 0 radical (unpaired) electrons. The zero-order chi connectivity index (χ0) is 27.0. The first-order chi connectivity index (χ1) is 17.3. The molecule has 1 aromatic carbocycles. The number of carbonyl (C=O) groups is 1. The van der Waals surface area contributed by atoms with Gasteiger partial charge >= 0.3 is 12.3 Å². The number of aromatic nitrogens is 2. The van der Waals surface area contributed by atoms with Crippen LogP contribution in [-0.4, -0.2) is 86.3 Å². The van der Waals surface area contributed by atoms with Gasteiger partial charge in [-0.3, -0.25) is 0 Å². The van der Waals surface area contributed by atoms with Crippen molar-refractivity contribution in [2.45, 2.75) is 36.2 Å². The third kappa shape index (κ3) is 5.71. The van der Waals surface area contributed by atoms with Crippen molar-refractivity contribution in [3.8, 4) is 5.75 Å². The zero-order valence-electron chi connectivity index (χ0n) is 19.9. The summed E-state index contributed by atoms with van der Waals surface area (Å²) in [6.45, 7) is 0.587. The molecular weight excluding hydrogens is 524 g/mol. The number of carbonyl (C=O) groups excluding carboxylic acids is 1. The molecule has 2 saturated heterocycles. The van der Waals surface area contributed by atoms with E-state index in [1.165, 1.54) is 29.4 Å². The molecule has 2 fully saturated rings. The fourth-order valence-electron chi connectivity index (χ4n) is 3.79. The molecular formula is C22H24F4N4O6S. The molecule has 0 bridgehead atoms. The second-order valence-corrected chi connectivity index (χ2v) is 10.9. The summed E-state index contributed by atoms with van der Waals surface area (Å²) in [5.41, 5.74) is -2.46. The first kappa shape index (κ1) is 26.9. The first-order valence-electron chi connectivity index (χ1n) is 11.1. The summed E-state index contributed by atoms with van der Waals surface area (Å²) >= 11 is 0. The van der Waals surface area contributed by atoms with Crippen LogP contribution < -0.4 is 9.64 Å². The van der Waals surface area contributed by atoms with Crippen molar-refractivity contribution in [2.24, 2.45) is 0 Å². The Morgan fingerprint density at radius 2 is 1.89 bits per heavy atom. The molecule has 2 aliphatic rings. The number of amides is 1. The molecule has 2 aliphatic heterocycles. The SMILES string of the molecule is CC1CN(C(=O)OC2(C(F)(F)F)COC2)CCN1c1ncc(OCc2ccc(S(C)(=O)=O)cc2F)cn1. The third-order valence-corrected chi connectivity index (χ3v) is 7.18. The van der Waals surface area contributed by atoms with Gasteiger partial charge in [-0.15, -0.1) is 0 Å². The number of nitrogens with zero attached hydrogens (tertiary/aromatic N) is 4. The lowest BCUT2D eigenvalue weighted by atomic mass is 10.0. The van der Waals surface area contributed by atoms with E-state index < -0.39 is 46.7 Å². The molecule has 3 heterocycles. The monoisotopic (exact) mass is 548 g/mol. The van der Waals surface area contributed by atoms with Gasteiger partial charge in [-0.2, -0.15) is 13.2 Å². The van der Waals surface area contributed by atoms with E-state index >= 15 is 0 Å². The number of sulfone groups is 1. The molecule has 0 N–H and O–H groups in total. The molecule has 1 unspecified atom stereocenters. The van der Waals surface area contributed by atoms with Crippen molar-refractivity contribution < 1.29 is 45.0 Å². The number of rotatable bonds is 6. The second-order valence-electron chi connectivity index (χ2n) is 8.87. The maximum Gasteiger partial charge on any atom is 0.433 e. The van der Waals surface area contributed by atoms with Crippen LogP contribution in [0.15, 0.2) is 35.5 Å². The number of benzene rings is 1. The Bertz CT molecular complexity index is 1250. The summed E-state index contributed by atoms with van der Waals surface area (Å²) < 4.78 is 92.0. The summed E-state index contributed by atoms with van der Waals surface area (Å²) in [7, 11) is -3.53. The van der Waals surface area contributed by atoms with Gasteiger partial charge in [0.05, 0.1) is 30.5 Å². The maximum absolute atomic E-state index is 14.2. The van der Waals surface area contributed by atoms with Gasteiger partial charge in [-0.25, -0.2) is 27.6 Å². The summed E-state index contributed by atoms with van der Waals surface area (Å²) in [6.07, 6.45) is -2.05. The number of hydrogen-bond acceptors (Lipinski definition) is 9. The van der Waals surface area contributed by atoms with Crippen molar-refractivity contribution >= 4 is 21.9 Å². The maximum atomic E-state index is 14.2. The topological polar surface area (TPSA) is 111 Å². The van der Waals surface area contributed by atoms with E-state index in [2.05, 4.69) is 14.7 Å². The van der Waals surface area contributed by atoms with Crippen molar-refractivity contribution in [3.05, 3.63) is 42.0 Å². The van der Waals surface area contributed by atoms with Gasteiger partial charge < -0.3 is 24.0 Å². The van der Waals surface area contributed by atoms with Crippen LogP contribution >= 0.6 is 0 Å². The number of hydrogen-bond donors (Lipinski definition) is 0. The summed E-state index contributed by atoms with van der Waals surface area (Å²) in [4.78, 5) is 23.7. The van der Waals surface area contributed by atoms with Crippen LogP contribution in [0.5, 0.6) is 5.75 Å². The van der Waals surface area contributed by atoms with Crippen LogP contribution in [0.2, 0.25) is 0 Å². The van der Waals surface area contributed by atoms with Gasteiger partial charge in [0.25, 0.3) is 5.60 Å². The van der Waals surface area contributed by atoms with Crippen LogP contribution in [0, 0.1) is 5.82 Å². The number of ether oxygens (including phenoxy) is 3. The smallest absolute Gasteiger partial charge is 0.433 e. The van der Waals surface area contributed by atoms with Crippen LogP contribution in [-0.2, 0) is 25.9 Å². The van der Waals surface area contributed by atoms with Crippen molar-refractivity contribution in [1.29, 1.82) is 0 Å². The molecule has 0 spiro atoms. The molecule has 4 rings (SSSR count). The van der Waals surface area contributed by atoms with E-state index in [0.29, 0.717) is 5.95 Å². The fraction of sp³-hybridized carbons (Fsp3) is 0.500. The van der Waals surface area contributed by atoms with Gasteiger partial charge in [0, 0.05) is 37.5 Å². The lowest BCUT2D eigenvalue weighted by molar-refractivity contribution is -0.333. The molecule has 10 nitrogen and oxygen atoms in total. The van der Waals surface area contributed by atoms with Crippen molar-refractivity contribution in [3.63, 3.8) is 0 Å². The molecule has 15 heteroatoms. The van der Waals surface area contributed by atoms with Crippen LogP contribution in [0.4, 0.5) is 28.3 Å². The lowest BCUT2D eigenvalue weighted by Crippen LogP contribution is -2.65. The predicted molar refractivity (Wildman–Crippen MR) is 120 cm³/mol. The van der Waals surface area contributed by atoms with Gasteiger partial charge in [-0.05, 0) is 19.1 Å².